The fraction of sp³-hybridized carbons (Fsp3) is 0.118. The molecule has 1 N–H and O–H groups in total. The fourth-order valence-electron chi connectivity index (χ4n) is 2.48. The minimum absolute atomic E-state index is 0.0767. The Balaban J connectivity index is 2.36. The number of hydrogen-bond donors (Lipinski definition) is 1. The zero-order valence-corrected chi connectivity index (χ0v) is 13.7. The van der Waals surface area contributed by atoms with Crippen molar-refractivity contribution in [2.75, 3.05) is 14.2 Å². The molecule has 0 aliphatic rings. The normalized spacial score (nSPS) is 10.6. The Hall–Kier alpha value is -2.86. The van der Waals surface area contributed by atoms with Gasteiger partial charge < -0.3 is 14.6 Å². The molecule has 0 bridgehead atoms. The van der Waals surface area contributed by atoms with Crippen molar-refractivity contribution in [3.8, 4) is 22.6 Å². The van der Waals surface area contributed by atoms with E-state index in [1.165, 1.54) is 32.7 Å². The molecule has 1 aromatic heterocycles. The summed E-state index contributed by atoms with van der Waals surface area (Å²) >= 11 is 6.43. The second kappa shape index (κ2) is 6.33. The molecule has 0 amide bonds. The standard InChI is InChI=1S/C17H13ClN2O4/c1-23-9-7-12(14(18)13(8-9)24-2)10-3-4-11(17(21)22)16-15(10)19-5-6-20-16/h3-8H,1-2H3,(H,21,22). The number of nitrogens with zero attached hydrogens (tertiary/aromatic N) is 2. The number of carboxylic acids is 1. The van der Waals surface area contributed by atoms with E-state index < -0.39 is 5.97 Å². The Morgan fingerprint density at radius 3 is 2.38 bits per heavy atom. The zero-order chi connectivity index (χ0) is 17.3. The predicted molar refractivity (Wildman–Crippen MR) is 90.0 cm³/mol. The van der Waals surface area contributed by atoms with Crippen molar-refractivity contribution in [2.24, 2.45) is 0 Å². The van der Waals surface area contributed by atoms with Gasteiger partial charge in [-0.05, 0) is 12.1 Å². The lowest BCUT2D eigenvalue weighted by atomic mass is 10.00. The number of carboxylic acid groups (broad SMARTS) is 1. The lowest BCUT2D eigenvalue weighted by Crippen LogP contribution is -2.01. The van der Waals surface area contributed by atoms with Crippen LogP contribution in [0.25, 0.3) is 22.2 Å². The highest BCUT2D eigenvalue weighted by Crippen LogP contribution is 2.41. The van der Waals surface area contributed by atoms with E-state index in [2.05, 4.69) is 9.97 Å². The van der Waals surface area contributed by atoms with Crippen LogP contribution in [0.4, 0.5) is 0 Å². The number of fused-ring (bicyclic) bond motifs is 1. The first kappa shape index (κ1) is 16.0. The van der Waals surface area contributed by atoms with Gasteiger partial charge in [-0.3, -0.25) is 9.97 Å². The summed E-state index contributed by atoms with van der Waals surface area (Å²) in [4.78, 5) is 19.8. The molecule has 2 aromatic carbocycles. The van der Waals surface area contributed by atoms with Gasteiger partial charge >= 0.3 is 5.97 Å². The number of ether oxygens (including phenoxy) is 2. The second-order valence-electron chi connectivity index (χ2n) is 4.91. The lowest BCUT2D eigenvalue weighted by molar-refractivity contribution is 0.0699. The van der Waals surface area contributed by atoms with Crippen LogP contribution in [0.2, 0.25) is 5.02 Å². The average molecular weight is 345 g/mol. The molecule has 0 saturated heterocycles. The van der Waals surface area contributed by atoms with Crippen molar-refractivity contribution in [1.82, 2.24) is 9.97 Å². The van der Waals surface area contributed by atoms with Gasteiger partial charge in [0, 0.05) is 29.6 Å². The minimum Gasteiger partial charge on any atom is -0.497 e. The van der Waals surface area contributed by atoms with Gasteiger partial charge in [-0.15, -0.1) is 0 Å². The number of carbonyl (C=O) groups is 1. The molecular formula is C17H13ClN2O4. The number of hydrogen-bond acceptors (Lipinski definition) is 5. The molecule has 0 atom stereocenters. The first-order chi connectivity index (χ1) is 11.6. The maximum absolute atomic E-state index is 11.4. The highest BCUT2D eigenvalue weighted by Gasteiger charge is 2.18. The Kier molecular flexibility index (Phi) is 4.22. The molecule has 0 saturated carbocycles. The predicted octanol–water partition coefficient (Wildman–Crippen LogP) is 3.67. The van der Waals surface area contributed by atoms with Crippen molar-refractivity contribution in [3.05, 3.63) is 47.2 Å². The Morgan fingerprint density at radius 1 is 1.04 bits per heavy atom. The van der Waals surface area contributed by atoms with Crippen molar-refractivity contribution in [3.63, 3.8) is 0 Å². The monoisotopic (exact) mass is 344 g/mol. The summed E-state index contributed by atoms with van der Waals surface area (Å²) in [5.41, 5.74) is 2.07. The molecule has 122 valence electrons. The minimum atomic E-state index is -1.07. The van der Waals surface area contributed by atoms with Crippen LogP contribution in [0.15, 0.2) is 36.7 Å². The van der Waals surface area contributed by atoms with Crippen molar-refractivity contribution in [2.45, 2.75) is 0 Å². The maximum atomic E-state index is 11.4. The van der Waals surface area contributed by atoms with Gasteiger partial charge in [0.15, 0.2) is 0 Å². The van der Waals surface area contributed by atoms with Gasteiger partial charge in [-0.2, -0.15) is 0 Å². The zero-order valence-electron chi connectivity index (χ0n) is 12.9. The van der Waals surface area contributed by atoms with E-state index in [-0.39, 0.29) is 5.56 Å². The van der Waals surface area contributed by atoms with Crippen LogP contribution in [0.3, 0.4) is 0 Å². The molecule has 1 heterocycles. The molecule has 3 rings (SSSR count). The Bertz CT molecular complexity index is 943. The third kappa shape index (κ3) is 2.61. The van der Waals surface area contributed by atoms with Crippen molar-refractivity contribution in [1.29, 1.82) is 0 Å². The van der Waals surface area contributed by atoms with Gasteiger partial charge in [-0.25, -0.2) is 4.79 Å². The molecule has 7 heteroatoms. The van der Waals surface area contributed by atoms with Crippen molar-refractivity contribution < 1.29 is 19.4 Å². The van der Waals surface area contributed by atoms with E-state index in [0.29, 0.717) is 38.7 Å². The summed E-state index contributed by atoms with van der Waals surface area (Å²) in [5, 5.41) is 9.71. The highest BCUT2D eigenvalue weighted by atomic mass is 35.5. The molecule has 24 heavy (non-hydrogen) atoms. The van der Waals surface area contributed by atoms with E-state index in [1.807, 2.05) is 0 Å². The van der Waals surface area contributed by atoms with E-state index >= 15 is 0 Å². The van der Waals surface area contributed by atoms with Crippen LogP contribution in [0.5, 0.6) is 11.5 Å². The van der Waals surface area contributed by atoms with Gasteiger partial charge in [0.25, 0.3) is 0 Å². The molecule has 3 aromatic rings. The lowest BCUT2D eigenvalue weighted by Gasteiger charge is -2.13. The van der Waals surface area contributed by atoms with E-state index in [4.69, 9.17) is 21.1 Å². The molecule has 0 radical (unpaired) electrons. The quantitative estimate of drug-likeness (QED) is 0.777. The topological polar surface area (TPSA) is 81.5 Å². The fourth-order valence-corrected chi connectivity index (χ4v) is 2.77. The summed E-state index contributed by atoms with van der Waals surface area (Å²) in [7, 11) is 3.05. The third-order valence-corrected chi connectivity index (χ3v) is 4.00. The SMILES string of the molecule is COc1cc(OC)c(Cl)c(-c2ccc(C(=O)O)c3nccnc23)c1. The third-order valence-electron chi connectivity index (χ3n) is 3.61. The number of aromatic carboxylic acids is 1. The Labute approximate surface area is 142 Å². The summed E-state index contributed by atoms with van der Waals surface area (Å²) in [6, 6.07) is 6.55. The number of benzene rings is 2. The number of aromatic nitrogens is 2. The van der Waals surface area contributed by atoms with Crippen LogP contribution in [-0.2, 0) is 0 Å². The van der Waals surface area contributed by atoms with E-state index in [9.17, 15) is 9.90 Å². The maximum Gasteiger partial charge on any atom is 0.337 e. The highest BCUT2D eigenvalue weighted by molar-refractivity contribution is 6.35. The van der Waals surface area contributed by atoms with Crippen molar-refractivity contribution >= 4 is 28.6 Å². The number of halogens is 1. The molecule has 0 unspecified atom stereocenters. The van der Waals surface area contributed by atoms with Gasteiger partial charge in [0.1, 0.15) is 17.0 Å². The molecular weight excluding hydrogens is 332 g/mol. The molecule has 0 aliphatic heterocycles. The average Bonchev–Trinajstić information content (AvgIpc) is 2.61. The second-order valence-corrected chi connectivity index (χ2v) is 5.29. The van der Waals surface area contributed by atoms with Crippen LogP contribution in [0, 0.1) is 0 Å². The molecule has 0 aliphatic carbocycles. The summed E-state index contributed by atoms with van der Waals surface area (Å²) in [6.07, 6.45) is 2.95. The van der Waals surface area contributed by atoms with Crippen LogP contribution in [0.1, 0.15) is 10.4 Å². The van der Waals surface area contributed by atoms with Gasteiger partial charge in [-0.1, -0.05) is 17.7 Å². The summed E-state index contributed by atoms with van der Waals surface area (Å²) < 4.78 is 10.6. The number of rotatable bonds is 4. The first-order valence-corrected chi connectivity index (χ1v) is 7.33. The number of methoxy groups -OCH3 is 2. The van der Waals surface area contributed by atoms with E-state index in [0.717, 1.165) is 0 Å². The first-order valence-electron chi connectivity index (χ1n) is 6.95. The van der Waals surface area contributed by atoms with Crippen LogP contribution in [-0.4, -0.2) is 35.3 Å². The van der Waals surface area contributed by atoms with Crippen LogP contribution >= 0.6 is 11.6 Å². The smallest absolute Gasteiger partial charge is 0.337 e. The van der Waals surface area contributed by atoms with E-state index in [1.54, 1.807) is 18.2 Å². The van der Waals surface area contributed by atoms with Gasteiger partial charge in [0.05, 0.1) is 30.3 Å². The van der Waals surface area contributed by atoms with Gasteiger partial charge in [0.2, 0.25) is 0 Å². The molecule has 0 spiro atoms. The summed E-state index contributed by atoms with van der Waals surface area (Å²) in [6.45, 7) is 0. The molecule has 6 nitrogen and oxygen atoms in total. The molecule has 0 fully saturated rings. The summed E-state index contributed by atoms with van der Waals surface area (Å²) in [5.74, 6) is -0.0580. The Morgan fingerprint density at radius 2 is 1.75 bits per heavy atom. The van der Waals surface area contributed by atoms with Crippen LogP contribution < -0.4 is 9.47 Å². The largest absolute Gasteiger partial charge is 0.497 e.